The standard InChI is InChI=1S/C9H14N2OS/c1-6-3-4-13-9(6)7(2)11-5-8(10)12/h3-4,7,11H,5H2,1-2H3,(H2,10,12). The Balaban J connectivity index is 2.53. The third-order valence-electron chi connectivity index (χ3n) is 1.88. The van der Waals surface area contributed by atoms with E-state index in [-0.39, 0.29) is 18.5 Å². The molecular weight excluding hydrogens is 184 g/mol. The summed E-state index contributed by atoms with van der Waals surface area (Å²) in [5.41, 5.74) is 6.29. The zero-order valence-corrected chi connectivity index (χ0v) is 8.65. The van der Waals surface area contributed by atoms with Gasteiger partial charge in [-0.25, -0.2) is 0 Å². The maximum absolute atomic E-state index is 10.5. The fourth-order valence-corrected chi connectivity index (χ4v) is 2.13. The van der Waals surface area contributed by atoms with Crippen molar-refractivity contribution in [3.63, 3.8) is 0 Å². The number of nitrogens with two attached hydrogens (primary N) is 1. The van der Waals surface area contributed by atoms with E-state index in [2.05, 4.69) is 18.3 Å². The molecule has 13 heavy (non-hydrogen) atoms. The second-order valence-electron chi connectivity index (χ2n) is 3.04. The van der Waals surface area contributed by atoms with Gasteiger partial charge in [0.2, 0.25) is 5.91 Å². The molecule has 3 nitrogen and oxygen atoms in total. The van der Waals surface area contributed by atoms with Crippen LogP contribution in [0.1, 0.15) is 23.4 Å². The van der Waals surface area contributed by atoms with Crippen molar-refractivity contribution in [3.8, 4) is 0 Å². The molecule has 1 amide bonds. The van der Waals surface area contributed by atoms with Crippen LogP contribution in [-0.4, -0.2) is 12.5 Å². The Morgan fingerprint density at radius 3 is 2.92 bits per heavy atom. The van der Waals surface area contributed by atoms with Crippen LogP contribution in [0, 0.1) is 6.92 Å². The number of amides is 1. The molecule has 4 heteroatoms. The van der Waals surface area contributed by atoms with Gasteiger partial charge in [0.1, 0.15) is 0 Å². The van der Waals surface area contributed by atoms with E-state index in [9.17, 15) is 4.79 Å². The van der Waals surface area contributed by atoms with Crippen molar-refractivity contribution in [1.29, 1.82) is 0 Å². The summed E-state index contributed by atoms with van der Waals surface area (Å²) >= 11 is 1.69. The third kappa shape index (κ3) is 2.82. The molecular formula is C9H14N2OS. The van der Waals surface area contributed by atoms with E-state index in [1.807, 2.05) is 12.3 Å². The predicted octanol–water partition coefficient (Wildman–Crippen LogP) is 1.19. The highest BCUT2D eigenvalue weighted by molar-refractivity contribution is 7.10. The Kier molecular flexibility index (Phi) is 3.45. The zero-order chi connectivity index (χ0) is 9.84. The van der Waals surface area contributed by atoms with Crippen molar-refractivity contribution >= 4 is 17.2 Å². The van der Waals surface area contributed by atoms with Gasteiger partial charge in [-0.2, -0.15) is 0 Å². The molecule has 1 atom stereocenters. The van der Waals surface area contributed by atoms with Crippen LogP contribution in [0.15, 0.2) is 11.4 Å². The first-order valence-electron chi connectivity index (χ1n) is 4.17. The van der Waals surface area contributed by atoms with E-state index in [1.165, 1.54) is 10.4 Å². The lowest BCUT2D eigenvalue weighted by atomic mass is 10.2. The van der Waals surface area contributed by atoms with Crippen LogP contribution in [-0.2, 0) is 4.79 Å². The number of carbonyl (C=O) groups excluding carboxylic acids is 1. The van der Waals surface area contributed by atoms with Crippen molar-refractivity contribution in [2.24, 2.45) is 5.73 Å². The van der Waals surface area contributed by atoms with Crippen molar-refractivity contribution < 1.29 is 4.79 Å². The minimum absolute atomic E-state index is 0.201. The van der Waals surface area contributed by atoms with Gasteiger partial charge >= 0.3 is 0 Å². The third-order valence-corrected chi connectivity index (χ3v) is 3.08. The van der Waals surface area contributed by atoms with E-state index >= 15 is 0 Å². The zero-order valence-electron chi connectivity index (χ0n) is 7.83. The second-order valence-corrected chi connectivity index (χ2v) is 3.98. The largest absolute Gasteiger partial charge is 0.369 e. The molecule has 1 heterocycles. The van der Waals surface area contributed by atoms with Crippen LogP contribution >= 0.6 is 11.3 Å². The van der Waals surface area contributed by atoms with Crippen molar-refractivity contribution in [1.82, 2.24) is 5.32 Å². The second kappa shape index (κ2) is 4.39. The van der Waals surface area contributed by atoms with Crippen LogP contribution in [0.2, 0.25) is 0 Å². The van der Waals surface area contributed by atoms with Crippen molar-refractivity contribution in [3.05, 3.63) is 21.9 Å². The predicted molar refractivity (Wildman–Crippen MR) is 54.7 cm³/mol. The van der Waals surface area contributed by atoms with Gasteiger partial charge in [0.05, 0.1) is 6.54 Å². The van der Waals surface area contributed by atoms with Gasteiger partial charge in [-0.15, -0.1) is 11.3 Å². The highest BCUT2D eigenvalue weighted by Gasteiger charge is 2.09. The van der Waals surface area contributed by atoms with E-state index in [1.54, 1.807) is 11.3 Å². The molecule has 72 valence electrons. The molecule has 0 saturated carbocycles. The molecule has 1 unspecified atom stereocenters. The number of thiophene rings is 1. The van der Waals surface area contributed by atoms with Crippen LogP contribution in [0.3, 0.4) is 0 Å². The summed E-state index contributed by atoms with van der Waals surface area (Å²) in [7, 11) is 0. The first-order chi connectivity index (χ1) is 6.11. The molecule has 0 spiro atoms. The van der Waals surface area contributed by atoms with Crippen molar-refractivity contribution in [2.45, 2.75) is 19.9 Å². The van der Waals surface area contributed by atoms with Crippen LogP contribution in [0.5, 0.6) is 0 Å². The number of primary amides is 1. The van der Waals surface area contributed by atoms with Crippen molar-refractivity contribution in [2.75, 3.05) is 6.54 Å². The number of hydrogen-bond acceptors (Lipinski definition) is 3. The number of rotatable bonds is 4. The Morgan fingerprint density at radius 2 is 2.46 bits per heavy atom. The molecule has 0 aromatic carbocycles. The molecule has 1 aromatic rings. The normalized spacial score (nSPS) is 12.8. The van der Waals surface area contributed by atoms with Gasteiger partial charge in [0.25, 0.3) is 0 Å². The first kappa shape index (κ1) is 10.2. The summed E-state index contributed by atoms with van der Waals surface area (Å²) in [6.07, 6.45) is 0. The first-order valence-corrected chi connectivity index (χ1v) is 5.05. The minimum atomic E-state index is -0.318. The highest BCUT2D eigenvalue weighted by Crippen LogP contribution is 2.22. The Labute approximate surface area is 81.9 Å². The van der Waals surface area contributed by atoms with E-state index in [4.69, 9.17) is 5.73 Å². The Bertz CT molecular complexity index is 296. The quantitative estimate of drug-likeness (QED) is 0.763. The minimum Gasteiger partial charge on any atom is -0.369 e. The summed E-state index contributed by atoms with van der Waals surface area (Å²) in [5.74, 6) is -0.318. The summed E-state index contributed by atoms with van der Waals surface area (Å²) in [5, 5.41) is 5.11. The molecule has 1 rings (SSSR count). The fraction of sp³-hybridized carbons (Fsp3) is 0.444. The Morgan fingerprint density at radius 1 is 1.77 bits per heavy atom. The summed E-state index contributed by atoms with van der Waals surface area (Å²) in [6, 6.07) is 2.27. The number of nitrogens with one attached hydrogen (secondary N) is 1. The maximum Gasteiger partial charge on any atom is 0.231 e. The topological polar surface area (TPSA) is 55.1 Å². The Hall–Kier alpha value is -0.870. The molecule has 0 fully saturated rings. The van der Waals surface area contributed by atoms with Crippen LogP contribution in [0.4, 0.5) is 0 Å². The van der Waals surface area contributed by atoms with Gasteiger partial charge in [-0.05, 0) is 30.9 Å². The van der Waals surface area contributed by atoms with Gasteiger partial charge in [0.15, 0.2) is 0 Å². The molecule has 0 bridgehead atoms. The fourth-order valence-electron chi connectivity index (χ4n) is 1.17. The molecule has 1 aromatic heterocycles. The lowest BCUT2D eigenvalue weighted by Crippen LogP contribution is -2.30. The number of aryl methyl sites for hydroxylation is 1. The molecule has 0 aliphatic rings. The summed E-state index contributed by atoms with van der Waals surface area (Å²) in [4.78, 5) is 11.8. The van der Waals surface area contributed by atoms with E-state index in [0.29, 0.717) is 0 Å². The highest BCUT2D eigenvalue weighted by atomic mass is 32.1. The molecule has 3 N–H and O–H groups in total. The van der Waals surface area contributed by atoms with Crippen LogP contribution in [0.25, 0.3) is 0 Å². The van der Waals surface area contributed by atoms with Gasteiger partial charge in [-0.3, -0.25) is 4.79 Å². The van der Waals surface area contributed by atoms with E-state index in [0.717, 1.165) is 0 Å². The number of carbonyl (C=O) groups is 1. The van der Waals surface area contributed by atoms with Crippen LogP contribution < -0.4 is 11.1 Å². The summed E-state index contributed by atoms with van der Waals surface area (Å²) < 4.78 is 0. The van der Waals surface area contributed by atoms with Gasteiger partial charge in [0, 0.05) is 10.9 Å². The smallest absolute Gasteiger partial charge is 0.231 e. The summed E-state index contributed by atoms with van der Waals surface area (Å²) in [6.45, 7) is 4.33. The van der Waals surface area contributed by atoms with E-state index < -0.39 is 0 Å². The maximum atomic E-state index is 10.5. The lowest BCUT2D eigenvalue weighted by molar-refractivity contribution is -0.117. The molecule has 0 radical (unpaired) electrons. The average Bonchev–Trinajstić information content (AvgIpc) is 2.47. The van der Waals surface area contributed by atoms with Gasteiger partial charge < -0.3 is 11.1 Å². The number of hydrogen-bond donors (Lipinski definition) is 2. The monoisotopic (exact) mass is 198 g/mol. The average molecular weight is 198 g/mol. The lowest BCUT2D eigenvalue weighted by Gasteiger charge is -2.11. The molecule has 0 saturated heterocycles. The van der Waals surface area contributed by atoms with Gasteiger partial charge in [-0.1, -0.05) is 0 Å². The molecule has 0 aliphatic heterocycles. The SMILES string of the molecule is Cc1ccsc1C(C)NCC(N)=O. The molecule has 0 aliphatic carbocycles.